The van der Waals surface area contributed by atoms with E-state index >= 15 is 0 Å². The van der Waals surface area contributed by atoms with Gasteiger partial charge in [-0.25, -0.2) is 4.98 Å². The van der Waals surface area contributed by atoms with Crippen molar-refractivity contribution in [2.75, 3.05) is 32.1 Å². The van der Waals surface area contributed by atoms with Gasteiger partial charge >= 0.3 is 0 Å². The molecule has 0 N–H and O–H groups in total. The van der Waals surface area contributed by atoms with Gasteiger partial charge in [0.25, 0.3) is 0 Å². The van der Waals surface area contributed by atoms with E-state index in [9.17, 15) is 0 Å². The summed E-state index contributed by atoms with van der Waals surface area (Å²) in [5.41, 5.74) is 7.82. The van der Waals surface area contributed by atoms with Crippen molar-refractivity contribution in [1.29, 1.82) is 5.26 Å². The van der Waals surface area contributed by atoms with Crippen LogP contribution in [0.5, 0.6) is 0 Å². The Morgan fingerprint density at radius 3 is 2.71 bits per heavy atom. The first kappa shape index (κ1) is 20.8. The third-order valence-corrected chi connectivity index (χ3v) is 7.27. The van der Waals surface area contributed by atoms with Crippen molar-refractivity contribution in [3.05, 3.63) is 78.2 Å². The minimum Gasteiger partial charge on any atom is -0.370 e. The molecule has 2 aliphatic heterocycles. The maximum atomic E-state index is 9.13. The molecule has 2 aromatic carbocycles. The van der Waals surface area contributed by atoms with Gasteiger partial charge in [-0.1, -0.05) is 12.1 Å². The molecule has 0 amide bonds. The number of fused-ring (bicyclic) bond motifs is 5. The molecule has 6 heteroatoms. The van der Waals surface area contributed by atoms with E-state index in [0.717, 1.165) is 42.3 Å². The van der Waals surface area contributed by atoms with Crippen LogP contribution in [0.2, 0.25) is 0 Å². The van der Waals surface area contributed by atoms with Gasteiger partial charge < -0.3 is 14.4 Å². The van der Waals surface area contributed by atoms with E-state index in [1.807, 2.05) is 30.5 Å². The minimum atomic E-state index is 0.596. The molecule has 2 aliphatic rings. The number of nitrogens with zero attached hydrogens (tertiary/aromatic N) is 6. The van der Waals surface area contributed by atoms with Gasteiger partial charge in [0.15, 0.2) is 5.82 Å². The van der Waals surface area contributed by atoms with Gasteiger partial charge in [0.1, 0.15) is 0 Å². The van der Waals surface area contributed by atoms with Crippen molar-refractivity contribution in [2.45, 2.75) is 25.4 Å². The highest BCUT2D eigenvalue weighted by Crippen LogP contribution is 2.35. The molecule has 0 radical (unpaired) electrons. The molecule has 0 spiro atoms. The fraction of sp³-hybridized carbons (Fsp3) is 0.286. The molecule has 4 heterocycles. The quantitative estimate of drug-likeness (QED) is 0.399. The largest absolute Gasteiger partial charge is 0.370 e. The lowest BCUT2D eigenvalue weighted by Crippen LogP contribution is -2.45. The number of piperidine rings is 1. The van der Waals surface area contributed by atoms with Crippen LogP contribution in [-0.4, -0.2) is 52.2 Å². The zero-order valence-corrected chi connectivity index (χ0v) is 19.6. The highest BCUT2D eigenvalue weighted by atomic mass is 15.2. The number of rotatable bonds is 3. The minimum absolute atomic E-state index is 0.596. The molecule has 1 atom stereocenters. The molecule has 4 aromatic rings. The number of nitriles is 1. The van der Waals surface area contributed by atoms with E-state index in [4.69, 9.17) is 10.2 Å². The van der Waals surface area contributed by atoms with E-state index < -0.39 is 0 Å². The number of aromatic nitrogens is 3. The normalized spacial score (nSPS) is 17.0. The Morgan fingerprint density at radius 2 is 1.91 bits per heavy atom. The predicted octanol–water partition coefficient (Wildman–Crippen LogP) is 4.77. The van der Waals surface area contributed by atoms with Gasteiger partial charge in [0.05, 0.1) is 23.0 Å². The maximum absolute atomic E-state index is 9.13. The smallest absolute Gasteiger partial charge is 0.161 e. The Bertz CT molecular complexity index is 1390. The first-order valence-electron chi connectivity index (χ1n) is 11.9. The fourth-order valence-corrected chi connectivity index (χ4v) is 5.34. The highest BCUT2D eigenvalue weighted by molar-refractivity contribution is 5.72. The average Bonchev–Trinajstić information content (AvgIpc) is 3.49. The van der Waals surface area contributed by atoms with Crippen LogP contribution in [0.15, 0.2) is 67.1 Å². The Balaban J connectivity index is 1.39. The Labute approximate surface area is 200 Å². The lowest BCUT2D eigenvalue weighted by Gasteiger charge is -2.37. The Hall–Kier alpha value is -3.82. The van der Waals surface area contributed by atoms with Crippen LogP contribution in [0.25, 0.3) is 28.3 Å². The molecule has 0 saturated carbocycles. The van der Waals surface area contributed by atoms with E-state index in [0.29, 0.717) is 11.6 Å². The average molecular weight is 449 g/mol. The summed E-state index contributed by atoms with van der Waals surface area (Å²) in [5.74, 6) is 0.956. The monoisotopic (exact) mass is 448 g/mol. The van der Waals surface area contributed by atoms with Crippen molar-refractivity contribution in [2.24, 2.45) is 0 Å². The summed E-state index contributed by atoms with van der Waals surface area (Å²) in [6.07, 6.45) is 8.63. The molecular weight excluding hydrogens is 420 g/mol. The van der Waals surface area contributed by atoms with Crippen LogP contribution in [0.1, 0.15) is 24.0 Å². The summed E-state index contributed by atoms with van der Waals surface area (Å²) in [7, 11) is 4.37. The van der Waals surface area contributed by atoms with Crippen molar-refractivity contribution in [3.8, 4) is 34.4 Å². The number of imidazole rings is 1. The summed E-state index contributed by atoms with van der Waals surface area (Å²) >= 11 is 0. The van der Waals surface area contributed by atoms with Crippen LogP contribution in [0.4, 0.5) is 5.69 Å². The van der Waals surface area contributed by atoms with Gasteiger partial charge in [0, 0.05) is 55.5 Å². The molecule has 170 valence electrons. The van der Waals surface area contributed by atoms with Gasteiger partial charge in [-0.2, -0.15) is 5.26 Å². The number of hydrogen-bond donors (Lipinski definition) is 0. The summed E-state index contributed by atoms with van der Waals surface area (Å²) in [6.45, 7) is 2.97. The molecule has 34 heavy (non-hydrogen) atoms. The lowest BCUT2D eigenvalue weighted by atomic mass is 10.0. The van der Waals surface area contributed by atoms with Crippen molar-refractivity contribution in [3.63, 3.8) is 0 Å². The second-order valence-corrected chi connectivity index (χ2v) is 9.57. The third kappa shape index (κ3) is 3.49. The maximum Gasteiger partial charge on any atom is 0.161 e. The fourth-order valence-electron chi connectivity index (χ4n) is 5.34. The van der Waals surface area contributed by atoms with Gasteiger partial charge in [-0.05, 0) is 74.5 Å². The molecule has 0 aliphatic carbocycles. The van der Waals surface area contributed by atoms with E-state index in [-0.39, 0.29) is 0 Å². The van der Waals surface area contributed by atoms with Crippen LogP contribution in [0.3, 0.4) is 0 Å². The van der Waals surface area contributed by atoms with E-state index in [1.165, 1.54) is 29.8 Å². The van der Waals surface area contributed by atoms with Gasteiger partial charge in [-0.15, -0.1) is 0 Å². The first-order valence-corrected chi connectivity index (χ1v) is 11.9. The standard InChI is InChI=1S/C28H28N6/c1-31(2)25-4-3-12-32(19-25)24-9-10-26-23(14-24)18-33-17-22(21-7-5-20(16-29)6-8-21)15-27(33)28-30-11-13-34(26)28/h5-11,13-15,17,25H,3-4,12,18-19H2,1-2H3/t25-/m0/s1. The summed E-state index contributed by atoms with van der Waals surface area (Å²) in [4.78, 5) is 9.60. The molecule has 6 nitrogen and oxygen atoms in total. The van der Waals surface area contributed by atoms with Crippen molar-refractivity contribution < 1.29 is 0 Å². The van der Waals surface area contributed by atoms with Crippen LogP contribution in [-0.2, 0) is 6.54 Å². The number of hydrogen-bond acceptors (Lipinski definition) is 4. The molecule has 1 saturated heterocycles. The molecule has 1 fully saturated rings. The second kappa shape index (κ2) is 8.19. The lowest BCUT2D eigenvalue weighted by molar-refractivity contribution is 0.258. The first-order chi connectivity index (χ1) is 16.6. The van der Waals surface area contributed by atoms with Crippen molar-refractivity contribution in [1.82, 2.24) is 19.0 Å². The Morgan fingerprint density at radius 1 is 1.06 bits per heavy atom. The van der Waals surface area contributed by atoms with Crippen LogP contribution in [0, 0.1) is 11.3 Å². The number of likely N-dealkylation sites (N-methyl/N-ethyl adjacent to an activating group) is 1. The topological polar surface area (TPSA) is 53.0 Å². The van der Waals surface area contributed by atoms with Crippen LogP contribution >= 0.6 is 0 Å². The zero-order chi connectivity index (χ0) is 23.2. The SMILES string of the molecule is CN(C)[C@H]1CCCN(c2ccc3c(c2)Cn2cc(-c4ccc(C#N)cc4)cc2-c2nccn2-3)C1. The summed E-state index contributed by atoms with van der Waals surface area (Å²) in [6, 6.07) is 19.7. The summed E-state index contributed by atoms with van der Waals surface area (Å²) in [5, 5.41) is 9.13. The Kier molecular flexibility index (Phi) is 5.00. The second-order valence-electron chi connectivity index (χ2n) is 9.57. The molecule has 2 aromatic heterocycles. The van der Waals surface area contributed by atoms with Gasteiger partial charge in [-0.3, -0.25) is 4.57 Å². The van der Waals surface area contributed by atoms with Crippen molar-refractivity contribution >= 4 is 5.69 Å². The number of benzene rings is 2. The predicted molar refractivity (Wildman–Crippen MR) is 135 cm³/mol. The van der Waals surface area contributed by atoms with Gasteiger partial charge in [0.2, 0.25) is 0 Å². The molecular formula is C28H28N6. The van der Waals surface area contributed by atoms with E-state index in [2.05, 4.69) is 75.8 Å². The zero-order valence-electron chi connectivity index (χ0n) is 19.6. The van der Waals surface area contributed by atoms with E-state index in [1.54, 1.807) is 0 Å². The molecule has 0 bridgehead atoms. The summed E-state index contributed by atoms with van der Waals surface area (Å²) < 4.78 is 4.51. The molecule has 6 rings (SSSR count). The van der Waals surface area contributed by atoms with Crippen LogP contribution < -0.4 is 4.90 Å². The number of anilines is 1. The molecule has 0 unspecified atom stereocenters. The highest BCUT2D eigenvalue weighted by Gasteiger charge is 2.25. The third-order valence-electron chi connectivity index (χ3n) is 7.27.